The summed E-state index contributed by atoms with van der Waals surface area (Å²) >= 11 is 0. The van der Waals surface area contributed by atoms with E-state index in [9.17, 15) is 13.2 Å². The molecule has 0 aromatic carbocycles. The van der Waals surface area contributed by atoms with Crippen molar-refractivity contribution in [1.29, 1.82) is 0 Å². The smallest absolute Gasteiger partial charge is 0.325 e. The highest BCUT2D eigenvalue weighted by atomic mass is 35.5. The van der Waals surface area contributed by atoms with Gasteiger partial charge in [0, 0.05) is 5.92 Å². The summed E-state index contributed by atoms with van der Waals surface area (Å²) in [7, 11) is -3.15. The first kappa shape index (κ1) is 11.7. The average Bonchev–Trinajstić information content (AvgIpc) is 2.40. The van der Waals surface area contributed by atoms with Gasteiger partial charge in [-0.1, -0.05) is 0 Å². The number of carboxylic acids is 1. The Hall–Kier alpha value is -0.330. The minimum atomic E-state index is -3.15. The van der Waals surface area contributed by atoms with Crippen LogP contribution in [0.4, 0.5) is 0 Å². The Bertz CT molecular complexity index is 355. The van der Waals surface area contributed by atoms with Gasteiger partial charge in [-0.3, -0.25) is 4.79 Å². The van der Waals surface area contributed by atoms with Crippen LogP contribution in [0, 0.1) is 5.92 Å². The number of carboxylic acid groups (broad SMARTS) is 1. The largest absolute Gasteiger partial charge is 0.480 e. The maximum absolute atomic E-state index is 11.3. The highest BCUT2D eigenvalue weighted by Crippen LogP contribution is 2.36. The Morgan fingerprint density at radius 3 is 2.64 bits per heavy atom. The van der Waals surface area contributed by atoms with Crippen molar-refractivity contribution in [1.82, 2.24) is 5.32 Å². The van der Waals surface area contributed by atoms with Crippen molar-refractivity contribution in [3.05, 3.63) is 0 Å². The minimum Gasteiger partial charge on any atom is -0.480 e. The molecule has 0 saturated carbocycles. The Labute approximate surface area is 88.2 Å². The van der Waals surface area contributed by atoms with E-state index in [4.69, 9.17) is 5.11 Å². The average molecular weight is 242 g/mol. The molecule has 2 N–H and O–H groups in total. The van der Waals surface area contributed by atoms with E-state index in [0.717, 1.165) is 0 Å². The first-order valence-electron chi connectivity index (χ1n) is 4.15. The number of rotatable bonds is 1. The molecular formula is C7H12ClNO4S. The zero-order valence-electron chi connectivity index (χ0n) is 7.39. The third-order valence-electron chi connectivity index (χ3n) is 2.91. The molecule has 2 aliphatic heterocycles. The van der Waals surface area contributed by atoms with Gasteiger partial charge in [0.2, 0.25) is 0 Å². The molecule has 2 heterocycles. The lowest BCUT2D eigenvalue weighted by molar-refractivity contribution is -0.144. The molecule has 2 rings (SSSR count). The molecule has 2 saturated heterocycles. The number of nitrogens with one attached hydrogen (secondary N) is 1. The fraction of sp³-hybridized carbons (Fsp3) is 0.857. The maximum atomic E-state index is 11.3. The van der Waals surface area contributed by atoms with Gasteiger partial charge in [-0.25, -0.2) is 8.42 Å². The molecule has 0 radical (unpaired) electrons. The van der Waals surface area contributed by atoms with Crippen molar-refractivity contribution in [2.75, 3.05) is 18.1 Å². The second-order valence-corrected chi connectivity index (χ2v) is 5.85. The molecule has 0 aliphatic carbocycles. The number of carbonyl (C=O) groups is 1. The lowest BCUT2D eigenvalue weighted by Crippen LogP contribution is -2.52. The normalized spacial score (nSPS) is 38.7. The van der Waals surface area contributed by atoms with Crippen LogP contribution in [0.2, 0.25) is 0 Å². The number of sulfone groups is 1. The number of fused-ring (bicyclic) bond motifs is 1. The van der Waals surface area contributed by atoms with Crippen molar-refractivity contribution < 1.29 is 18.3 Å². The van der Waals surface area contributed by atoms with Crippen LogP contribution in [-0.4, -0.2) is 43.1 Å². The summed E-state index contributed by atoms with van der Waals surface area (Å²) in [6, 6.07) is 0. The predicted molar refractivity (Wildman–Crippen MR) is 52.4 cm³/mol. The summed E-state index contributed by atoms with van der Waals surface area (Å²) in [6.45, 7) is 0.604. The van der Waals surface area contributed by atoms with E-state index < -0.39 is 21.3 Å². The van der Waals surface area contributed by atoms with Crippen LogP contribution in [0.1, 0.15) is 6.42 Å². The van der Waals surface area contributed by atoms with Crippen LogP contribution < -0.4 is 5.32 Å². The van der Waals surface area contributed by atoms with E-state index in [2.05, 4.69) is 5.32 Å². The summed E-state index contributed by atoms with van der Waals surface area (Å²) in [5, 5.41) is 11.8. The van der Waals surface area contributed by atoms with Gasteiger partial charge >= 0.3 is 5.97 Å². The Morgan fingerprint density at radius 1 is 1.50 bits per heavy atom. The third kappa shape index (κ3) is 1.51. The number of hydrogen-bond acceptors (Lipinski definition) is 4. The van der Waals surface area contributed by atoms with Crippen molar-refractivity contribution >= 4 is 28.2 Å². The molecule has 14 heavy (non-hydrogen) atoms. The summed E-state index contributed by atoms with van der Waals surface area (Å²) in [4.78, 5) is 11.0. The Kier molecular flexibility index (Phi) is 2.82. The highest BCUT2D eigenvalue weighted by Gasteiger charge is 2.57. The quantitative estimate of drug-likeness (QED) is 0.633. The van der Waals surface area contributed by atoms with E-state index in [0.29, 0.717) is 13.0 Å². The fourth-order valence-electron chi connectivity index (χ4n) is 2.28. The van der Waals surface area contributed by atoms with E-state index in [1.54, 1.807) is 0 Å². The van der Waals surface area contributed by atoms with Crippen LogP contribution >= 0.6 is 12.4 Å². The molecule has 2 aliphatic rings. The molecule has 0 unspecified atom stereocenters. The molecular weight excluding hydrogens is 230 g/mol. The minimum absolute atomic E-state index is 0. The molecule has 2 atom stereocenters. The van der Waals surface area contributed by atoms with E-state index >= 15 is 0 Å². The molecule has 7 heteroatoms. The van der Waals surface area contributed by atoms with Crippen LogP contribution in [0.3, 0.4) is 0 Å². The van der Waals surface area contributed by atoms with Gasteiger partial charge in [0.25, 0.3) is 0 Å². The molecule has 0 bridgehead atoms. The van der Waals surface area contributed by atoms with Gasteiger partial charge in [0.15, 0.2) is 9.84 Å². The van der Waals surface area contributed by atoms with Crippen LogP contribution in [-0.2, 0) is 14.6 Å². The lowest BCUT2D eigenvalue weighted by Gasteiger charge is -2.21. The summed E-state index contributed by atoms with van der Waals surface area (Å²) in [6.07, 6.45) is 0.644. The molecule has 82 valence electrons. The van der Waals surface area contributed by atoms with Crippen LogP contribution in [0.15, 0.2) is 0 Å². The standard InChI is InChI=1S/C7H11NO4S.ClH/c9-6(10)7-4-13(11,12)3-5(7)1-2-8-7;/h5,8H,1-4H2,(H,9,10);1H/t5-,7+;/m1./s1. The highest BCUT2D eigenvalue weighted by molar-refractivity contribution is 7.91. The molecule has 0 aromatic heterocycles. The number of halogens is 1. The Balaban J connectivity index is 0.000000980. The summed E-state index contributed by atoms with van der Waals surface area (Å²) < 4.78 is 22.5. The van der Waals surface area contributed by atoms with Gasteiger partial charge in [0.05, 0.1) is 11.5 Å². The fourth-order valence-corrected chi connectivity index (χ4v) is 4.62. The SMILES string of the molecule is Cl.O=C(O)[C@]12CS(=O)(=O)C[C@H]1CCN2. The van der Waals surface area contributed by atoms with Crippen LogP contribution in [0.5, 0.6) is 0 Å². The molecule has 5 nitrogen and oxygen atoms in total. The van der Waals surface area contributed by atoms with Crippen molar-refractivity contribution in [2.45, 2.75) is 12.0 Å². The third-order valence-corrected chi connectivity index (χ3v) is 4.72. The van der Waals surface area contributed by atoms with E-state index in [-0.39, 0.29) is 29.8 Å². The van der Waals surface area contributed by atoms with Gasteiger partial charge < -0.3 is 10.4 Å². The zero-order valence-corrected chi connectivity index (χ0v) is 9.03. The van der Waals surface area contributed by atoms with Gasteiger partial charge in [0.1, 0.15) is 5.54 Å². The number of aliphatic carboxylic acids is 1. The van der Waals surface area contributed by atoms with Gasteiger partial charge in [-0.2, -0.15) is 0 Å². The summed E-state index contributed by atoms with van der Waals surface area (Å²) in [5.74, 6) is -1.50. The van der Waals surface area contributed by atoms with E-state index in [1.165, 1.54) is 0 Å². The second kappa shape index (κ2) is 3.36. The van der Waals surface area contributed by atoms with Gasteiger partial charge in [-0.15, -0.1) is 12.4 Å². The van der Waals surface area contributed by atoms with E-state index in [1.807, 2.05) is 0 Å². The van der Waals surface area contributed by atoms with Crippen molar-refractivity contribution in [2.24, 2.45) is 5.92 Å². The molecule has 0 amide bonds. The zero-order chi connectivity index (χ0) is 9.69. The van der Waals surface area contributed by atoms with Crippen molar-refractivity contribution in [3.8, 4) is 0 Å². The predicted octanol–water partition coefficient (Wildman–Crippen LogP) is -0.731. The second-order valence-electron chi connectivity index (χ2n) is 3.74. The van der Waals surface area contributed by atoms with Gasteiger partial charge in [-0.05, 0) is 13.0 Å². The topological polar surface area (TPSA) is 83.5 Å². The summed E-state index contributed by atoms with van der Waals surface area (Å²) in [5.41, 5.74) is -1.18. The first-order valence-corrected chi connectivity index (χ1v) is 5.97. The molecule has 0 spiro atoms. The Morgan fingerprint density at radius 2 is 2.14 bits per heavy atom. The lowest BCUT2D eigenvalue weighted by atomic mass is 9.89. The van der Waals surface area contributed by atoms with Crippen molar-refractivity contribution in [3.63, 3.8) is 0 Å². The molecule has 0 aromatic rings. The first-order chi connectivity index (χ1) is 5.96. The monoisotopic (exact) mass is 241 g/mol. The van der Waals surface area contributed by atoms with Crippen LogP contribution in [0.25, 0.3) is 0 Å². The maximum Gasteiger partial charge on any atom is 0.325 e. The molecule has 2 fully saturated rings. The number of hydrogen-bond donors (Lipinski definition) is 2.